The molecular formula is C11H22O10. The van der Waals surface area contributed by atoms with Gasteiger partial charge in [-0.05, 0) is 0 Å². The summed E-state index contributed by atoms with van der Waals surface area (Å²) in [4.78, 5) is 0. The van der Waals surface area contributed by atoms with Crippen LogP contribution in [0.1, 0.15) is 0 Å². The summed E-state index contributed by atoms with van der Waals surface area (Å²) < 4.78 is 10.1. The highest BCUT2D eigenvalue weighted by Crippen LogP contribution is 2.23. The molecule has 1 rings (SSSR count). The van der Waals surface area contributed by atoms with Gasteiger partial charge in [0.25, 0.3) is 0 Å². The van der Waals surface area contributed by atoms with E-state index in [1.54, 1.807) is 0 Å². The van der Waals surface area contributed by atoms with E-state index in [9.17, 15) is 25.5 Å². The third-order valence-corrected chi connectivity index (χ3v) is 3.30. The first-order valence-corrected chi connectivity index (χ1v) is 6.41. The fourth-order valence-electron chi connectivity index (χ4n) is 1.94. The number of ether oxygens (including phenoxy) is 2. The Morgan fingerprint density at radius 3 is 2.00 bits per heavy atom. The number of hydrogen-bond acceptors (Lipinski definition) is 10. The predicted octanol–water partition coefficient (Wildman–Crippen LogP) is -5.12. The minimum Gasteiger partial charge on any atom is -0.394 e. The zero-order valence-electron chi connectivity index (χ0n) is 11.1. The Labute approximate surface area is 120 Å². The van der Waals surface area contributed by atoms with Crippen LogP contribution in [0.25, 0.3) is 0 Å². The van der Waals surface area contributed by atoms with E-state index in [0.717, 1.165) is 0 Å². The van der Waals surface area contributed by atoms with E-state index in [4.69, 9.17) is 24.8 Å². The van der Waals surface area contributed by atoms with Gasteiger partial charge < -0.3 is 50.3 Å². The summed E-state index contributed by atoms with van der Waals surface area (Å²) in [5, 5.41) is 74.7. The van der Waals surface area contributed by atoms with Gasteiger partial charge in [-0.25, -0.2) is 0 Å². The van der Waals surface area contributed by atoms with E-state index < -0.39 is 68.8 Å². The zero-order valence-corrected chi connectivity index (χ0v) is 11.1. The Kier molecular flexibility index (Phi) is 7.36. The van der Waals surface area contributed by atoms with Crippen molar-refractivity contribution in [2.45, 2.75) is 49.0 Å². The highest BCUT2D eigenvalue weighted by molar-refractivity contribution is 4.90. The predicted molar refractivity (Wildman–Crippen MR) is 64.8 cm³/mol. The van der Waals surface area contributed by atoms with Gasteiger partial charge in [-0.2, -0.15) is 0 Å². The Morgan fingerprint density at radius 2 is 1.52 bits per heavy atom. The van der Waals surface area contributed by atoms with Crippen molar-refractivity contribution in [3.8, 4) is 0 Å². The molecule has 0 bridgehead atoms. The molecule has 0 amide bonds. The Hall–Kier alpha value is -0.400. The molecule has 0 aromatic rings. The lowest BCUT2D eigenvalue weighted by atomic mass is 9.99. The fraction of sp³-hybridized carbons (Fsp3) is 1.00. The number of hydrogen-bond donors (Lipinski definition) is 8. The van der Waals surface area contributed by atoms with Crippen LogP contribution in [0.5, 0.6) is 0 Å². The molecule has 0 aliphatic carbocycles. The van der Waals surface area contributed by atoms with Gasteiger partial charge in [0, 0.05) is 0 Å². The highest BCUT2D eigenvalue weighted by Gasteiger charge is 2.45. The molecule has 8 N–H and O–H groups in total. The molecule has 0 saturated carbocycles. The van der Waals surface area contributed by atoms with Gasteiger partial charge in [0.05, 0.1) is 19.8 Å². The maximum atomic E-state index is 9.73. The average molecular weight is 314 g/mol. The second-order valence-electron chi connectivity index (χ2n) is 4.79. The highest BCUT2D eigenvalue weighted by atomic mass is 16.7. The molecule has 0 radical (unpaired) electrons. The van der Waals surface area contributed by atoms with Gasteiger partial charge in [-0.1, -0.05) is 0 Å². The summed E-state index contributed by atoms with van der Waals surface area (Å²) in [6.45, 7) is -2.21. The summed E-state index contributed by atoms with van der Waals surface area (Å²) in [6, 6.07) is 0. The van der Waals surface area contributed by atoms with Crippen LogP contribution in [0.2, 0.25) is 0 Å². The molecule has 8 atom stereocenters. The van der Waals surface area contributed by atoms with E-state index >= 15 is 0 Å². The van der Waals surface area contributed by atoms with Crippen molar-refractivity contribution < 1.29 is 50.3 Å². The van der Waals surface area contributed by atoms with Gasteiger partial charge in [0.1, 0.15) is 42.7 Å². The first-order chi connectivity index (χ1) is 9.87. The Bertz CT molecular complexity index is 301. The lowest BCUT2D eigenvalue weighted by Gasteiger charge is -2.41. The Morgan fingerprint density at radius 1 is 0.905 bits per heavy atom. The van der Waals surface area contributed by atoms with Crippen molar-refractivity contribution in [2.24, 2.45) is 0 Å². The van der Waals surface area contributed by atoms with E-state index in [1.165, 1.54) is 0 Å². The number of aliphatic hydroxyl groups excluding tert-OH is 8. The largest absolute Gasteiger partial charge is 0.394 e. The monoisotopic (exact) mass is 314 g/mol. The molecule has 0 spiro atoms. The summed E-state index contributed by atoms with van der Waals surface area (Å²) >= 11 is 0. The summed E-state index contributed by atoms with van der Waals surface area (Å²) in [6.07, 6.45) is -12.4. The van der Waals surface area contributed by atoms with E-state index in [-0.39, 0.29) is 0 Å². The Balaban J connectivity index is 2.74. The van der Waals surface area contributed by atoms with Crippen LogP contribution in [0.4, 0.5) is 0 Å². The van der Waals surface area contributed by atoms with Crippen molar-refractivity contribution in [3.63, 3.8) is 0 Å². The zero-order chi connectivity index (χ0) is 16.2. The van der Waals surface area contributed by atoms with Crippen molar-refractivity contribution >= 4 is 0 Å². The first kappa shape index (κ1) is 18.6. The molecule has 1 fully saturated rings. The van der Waals surface area contributed by atoms with Crippen molar-refractivity contribution in [1.82, 2.24) is 0 Å². The smallest absolute Gasteiger partial charge is 0.187 e. The van der Waals surface area contributed by atoms with Gasteiger partial charge in [-0.3, -0.25) is 0 Å². The minimum absolute atomic E-state index is 0.656. The molecule has 0 aromatic carbocycles. The molecule has 10 heteroatoms. The molecule has 126 valence electrons. The molecular weight excluding hydrogens is 292 g/mol. The van der Waals surface area contributed by atoms with Crippen LogP contribution in [-0.4, -0.2) is 110 Å². The lowest BCUT2D eigenvalue weighted by molar-refractivity contribution is -0.321. The second-order valence-corrected chi connectivity index (χ2v) is 4.79. The molecule has 1 heterocycles. The molecule has 1 saturated heterocycles. The molecule has 0 aromatic heterocycles. The van der Waals surface area contributed by atoms with Crippen molar-refractivity contribution in [3.05, 3.63) is 0 Å². The van der Waals surface area contributed by atoms with Gasteiger partial charge in [-0.15, -0.1) is 0 Å². The van der Waals surface area contributed by atoms with Crippen LogP contribution in [0.15, 0.2) is 0 Å². The first-order valence-electron chi connectivity index (χ1n) is 6.41. The van der Waals surface area contributed by atoms with Crippen LogP contribution in [-0.2, 0) is 9.47 Å². The molecule has 1 aliphatic heterocycles. The van der Waals surface area contributed by atoms with Gasteiger partial charge in [0.2, 0.25) is 0 Å². The third-order valence-electron chi connectivity index (χ3n) is 3.30. The summed E-state index contributed by atoms with van der Waals surface area (Å²) in [7, 11) is 0. The molecule has 8 unspecified atom stereocenters. The molecule has 10 nitrogen and oxygen atoms in total. The summed E-state index contributed by atoms with van der Waals surface area (Å²) in [5.41, 5.74) is 0. The van der Waals surface area contributed by atoms with Crippen LogP contribution < -0.4 is 0 Å². The lowest BCUT2D eigenvalue weighted by Crippen LogP contribution is -2.60. The van der Waals surface area contributed by atoms with Crippen LogP contribution in [0.3, 0.4) is 0 Å². The minimum atomic E-state index is -1.70. The van der Waals surface area contributed by atoms with Crippen molar-refractivity contribution in [2.75, 3.05) is 19.8 Å². The number of aliphatic hydroxyl groups is 8. The maximum absolute atomic E-state index is 9.73. The van der Waals surface area contributed by atoms with E-state index in [1.807, 2.05) is 0 Å². The SMILES string of the molecule is OCC(O)C(O)C(CO)OC1OC(CO)C(O)C(O)C1O. The van der Waals surface area contributed by atoms with Crippen LogP contribution in [0, 0.1) is 0 Å². The quantitative estimate of drug-likeness (QED) is 0.226. The molecule has 21 heavy (non-hydrogen) atoms. The average Bonchev–Trinajstić information content (AvgIpc) is 2.50. The van der Waals surface area contributed by atoms with Crippen molar-refractivity contribution in [1.29, 1.82) is 0 Å². The van der Waals surface area contributed by atoms with E-state index in [0.29, 0.717) is 0 Å². The normalized spacial score (nSPS) is 38.0. The summed E-state index contributed by atoms with van der Waals surface area (Å²) in [5.74, 6) is 0. The fourth-order valence-corrected chi connectivity index (χ4v) is 1.94. The maximum Gasteiger partial charge on any atom is 0.187 e. The molecule has 1 aliphatic rings. The van der Waals surface area contributed by atoms with Gasteiger partial charge >= 0.3 is 0 Å². The standard InChI is InChI=1S/C11H22O10/c12-1-4(15)7(16)5(2-13)20-11-10(19)9(18)8(17)6(3-14)21-11/h4-19H,1-3H2. The van der Waals surface area contributed by atoms with Gasteiger partial charge in [0.15, 0.2) is 6.29 Å². The topological polar surface area (TPSA) is 180 Å². The third kappa shape index (κ3) is 4.29. The van der Waals surface area contributed by atoms with Crippen LogP contribution >= 0.6 is 0 Å². The second kappa shape index (κ2) is 8.29. The van der Waals surface area contributed by atoms with E-state index in [2.05, 4.69) is 0 Å². The number of rotatable bonds is 7.